The molecule has 0 saturated heterocycles. The van der Waals surface area contributed by atoms with Crippen LogP contribution >= 0.6 is 0 Å². The second kappa shape index (κ2) is 17.5. The standard InChI is InChI=1S/C26H44O3S/c1-2-3-4-5-6-7-8-9-10-11-12-13-14-15-16-20-23-26(30(27,28)29)24-25-21-18-17-19-22-25/h17-19,21-22,24H,2-16,20,23H2,1H3,(H,27,28,29). The molecule has 0 aliphatic heterocycles. The highest BCUT2D eigenvalue weighted by Crippen LogP contribution is 2.20. The summed E-state index contributed by atoms with van der Waals surface area (Å²) in [4.78, 5) is 0.124. The molecule has 0 saturated carbocycles. The van der Waals surface area contributed by atoms with Crippen molar-refractivity contribution in [3.8, 4) is 0 Å². The molecule has 4 heteroatoms. The Morgan fingerprint density at radius 2 is 1.10 bits per heavy atom. The van der Waals surface area contributed by atoms with E-state index < -0.39 is 10.1 Å². The molecule has 0 bridgehead atoms. The highest BCUT2D eigenvalue weighted by atomic mass is 32.2. The van der Waals surface area contributed by atoms with Crippen molar-refractivity contribution >= 4 is 16.2 Å². The topological polar surface area (TPSA) is 54.4 Å². The smallest absolute Gasteiger partial charge is 0.282 e. The van der Waals surface area contributed by atoms with Crippen molar-refractivity contribution in [1.82, 2.24) is 0 Å². The number of allylic oxidation sites excluding steroid dienone is 1. The summed E-state index contributed by atoms with van der Waals surface area (Å²) in [6.45, 7) is 2.27. The van der Waals surface area contributed by atoms with E-state index in [0.29, 0.717) is 6.42 Å². The third-order valence-electron chi connectivity index (χ3n) is 5.74. The van der Waals surface area contributed by atoms with Gasteiger partial charge in [-0.05, 0) is 24.5 Å². The maximum Gasteiger partial charge on any atom is 0.290 e. The van der Waals surface area contributed by atoms with Crippen LogP contribution in [0.3, 0.4) is 0 Å². The van der Waals surface area contributed by atoms with Gasteiger partial charge in [-0.3, -0.25) is 4.55 Å². The zero-order valence-corrected chi connectivity index (χ0v) is 20.0. The number of hydrogen-bond donors (Lipinski definition) is 1. The molecule has 0 unspecified atom stereocenters. The molecule has 3 nitrogen and oxygen atoms in total. The van der Waals surface area contributed by atoms with Crippen molar-refractivity contribution in [3.05, 3.63) is 40.8 Å². The van der Waals surface area contributed by atoms with Crippen LogP contribution in [-0.2, 0) is 10.1 Å². The molecule has 1 N–H and O–H groups in total. The van der Waals surface area contributed by atoms with E-state index in [-0.39, 0.29) is 4.91 Å². The molecule has 30 heavy (non-hydrogen) atoms. The Morgan fingerprint density at radius 1 is 0.700 bits per heavy atom. The van der Waals surface area contributed by atoms with Gasteiger partial charge >= 0.3 is 0 Å². The SMILES string of the molecule is CCCCCCCCCCCCCCCCCCC(=Cc1ccccc1)S(=O)(=O)O. The Morgan fingerprint density at radius 3 is 1.50 bits per heavy atom. The summed E-state index contributed by atoms with van der Waals surface area (Å²) in [7, 11) is -4.12. The number of benzene rings is 1. The minimum absolute atomic E-state index is 0.124. The number of hydrogen-bond acceptors (Lipinski definition) is 2. The first kappa shape index (κ1) is 26.9. The van der Waals surface area contributed by atoms with Crippen LogP contribution < -0.4 is 0 Å². The first-order chi connectivity index (χ1) is 14.5. The first-order valence-corrected chi connectivity index (χ1v) is 13.7. The van der Waals surface area contributed by atoms with Crippen molar-refractivity contribution in [2.24, 2.45) is 0 Å². The first-order valence-electron chi connectivity index (χ1n) is 12.3. The van der Waals surface area contributed by atoms with Gasteiger partial charge in [0.15, 0.2) is 0 Å². The molecule has 0 atom stereocenters. The quantitative estimate of drug-likeness (QED) is 0.174. The van der Waals surface area contributed by atoms with Crippen molar-refractivity contribution in [1.29, 1.82) is 0 Å². The summed E-state index contributed by atoms with van der Waals surface area (Å²) in [5.74, 6) is 0. The largest absolute Gasteiger partial charge is 0.290 e. The minimum Gasteiger partial charge on any atom is -0.282 e. The van der Waals surface area contributed by atoms with E-state index in [4.69, 9.17) is 0 Å². The summed E-state index contributed by atoms with van der Waals surface area (Å²) < 4.78 is 32.7. The molecule has 0 aliphatic carbocycles. The number of unbranched alkanes of at least 4 members (excludes halogenated alkanes) is 15. The zero-order valence-electron chi connectivity index (χ0n) is 19.2. The Bertz CT molecular complexity index is 650. The predicted molar refractivity (Wildman–Crippen MR) is 130 cm³/mol. The molecule has 0 aliphatic rings. The van der Waals surface area contributed by atoms with Gasteiger partial charge < -0.3 is 0 Å². The van der Waals surface area contributed by atoms with Crippen LogP contribution in [0.25, 0.3) is 6.08 Å². The van der Waals surface area contributed by atoms with Gasteiger partial charge in [-0.2, -0.15) is 8.42 Å². The van der Waals surface area contributed by atoms with E-state index in [0.717, 1.165) is 24.8 Å². The fraction of sp³-hybridized carbons (Fsp3) is 0.692. The molecule has 0 heterocycles. The monoisotopic (exact) mass is 436 g/mol. The average molecular weight is 437 g/mol. The van der Waals surface area contributed by atoms with Gasteiger partial charge in [-0.1, -0.05) is 134 Å². The lowest BCUT2D eigenvalue weighted by molar-refractivity contribution is 0.487. The van der Waals surface area contributed by atoms with E-state index in [1.165, 1.54) is 83.5 Å². The summed E-state index contributed by atoms with van der Waals surface area (Å²) >= 11 is 0. The lowest BCUT2D eigenvalue weighted by Gasteiger charge is -2.06. The molecule has 0 spiro atoms. The molecule has 1 aromatic carbocycles. The van der Waals surface area contributed by atoms with Crippen molar-refractivity contribution in [2.75, 3.05) is 0 Å². The van der Waals surface area contributed by atoms with Crippen molar-refractivity contribution in [3.63, 3.8) is 0 Å². The second-order valence-electron chi connectivity index (χ2n) is 8.55. The van der Waals surface area contributed by atoms with E-state index in [9.17, 15) is 13.0 Å². The third kappa shape index (κ3) is 14.8. The molecule has 0 amide bonds. The molecular formula is C26H44O3S. The highest BCUT2D eigenvalue weighted by molar-refractivity contribution is 7.90. The lowest BCUT2D eigenvalue weighted by atomic mass is 10.0. The van der Waals surface area contributed by atoms with Crippen molar-refractivity contribution < 1.29 is 13.0 Å². The van der Waals surface area contributed by atoms with Crippen LogP contribution in [0, 0.1) is 0 Å². The lowest BCUT2D eigenvalue weighted by Crippen LogP contribution is -2.02. The van der Waals surface area contributed by atoms with Crippen LogP contribution in [0.1, 0.15) is 122 Å². The van der Waals surface area contributed by atoms with Crippen LogP contribution in [0.15, 0.2) is 35.2 Å². The van der Waals surface area contributed by atoms with Crippen LogP contribution in [0.5, 0.6) is 0 Å². The molecule has 172 valence electrons. The normalized spacial score (nSPS) is 12.4. The fourth-order valence-corrected chi connectivity index (χ4v) is 4.55. The molecule has 0 radical (unpaired) electrons. The summed E-state index contributed by atoms with van der Waals surface area (Å²) in [6.07, 6.45) is 22.7. The molecule has 1 rings (SSSR count). The summed E-state index contributed by atoms with van der Waals surface area (Å²) in [5, 5.41) is 0. The minimum atomic E-state index is -4.12. The van der Waals surface area contributed by atoms with Crippen LogP contribution in [-0.4, -0.2) is 13.0 Å². The van der Waals surface area contributed by atoms with Gasteiger partial charge in [0.05, 0.1) is 4.91 Å². The average Bonchev–Trinajstić information content (AvgIpc) is 2.72. The Labute approximate surface area is 186 Å². The van der Waals surface area contributed by atoms with E-state index in [2.05, 4.69) is 6.92 Å². The molecular weight excluding hydrogens is 392 g/mol. The van der Waals surface area contributed by atoms with E-state index in [1.54, 1.807) is 6.08 Å². The van der Waals surface area contributed by atoms with Gasteiger partial charge in [0, 0.05) is 0 Å². The summed E-state index contributed by atoms with van der Waals surface area (Å²) in [6, 6.07) is 9.31. The Hall–Kier alpha value is -1.13. The van der Waals surface area contributed by atoms with Gasteiger partial charge in [-0.25, -0.2) is 0 Å². The zero-order chi connectivity index (χ0) is 21.9. The van der Waals surface area contributed by atoms with Crippen LogP contribution in [0.2, 0.25) is 0 Å². The Kier molecular flexibility index (Phi) is 15.7. The molecule has 0 aromatic heterocycles. The summed E-state index contributed by atoms with van der Waals surface area (Å²) in [5.41, 5.74) is 0.807. The van der Waals surface area contributed by atoms with E-state index in [1.807, 2.05) is 30.3 Å². The maximum atomic E-state index is 11.6. The van der Waals surface area contributed by atoms with Crippen LogP contribution in [0.4, 0.5) is 0 Å². The predicted octanol–water partition coefficient (Wildman–Crippen LogP) is 8.57. The van der Waals surface area contributed by atoms with Gasteiger partial charge in [-0.15, -0.1) is 0 Å². The fourth-order valence-electron chi connectivity index (χ4n) is 3.86. The van der Waals surface area contributed by atoms with E-state index >= 15 is 0 Å². The van der Waals surface area contributed by atoms with Gasteiger partial charge in [0.25, 0.3) is 10.1 Å². The molecule has 1 aromatic rings. The van der Waals surface area contributed by atoms with Crippen molar-refractivity contribution in [2.45, 2.75) is 116 Å². The maximum absolute atomic E-state index is 11.6. The number of rotatable bonds is 19. The Balaban J connectivity index is 2.00. The third-order valence-corrected chi connectivity index (χ3v) is 6.72. The second-order valence-corrected chi connectivity index (χ2v) is 10.0. The highest BCUT2D eigenvalue weighted by Gasteiger charge is 2.13. The molecule has 0 fully saturated rings. The van der Waals surface area contributed by atoms with Gasteiger partial charge in [0.1, 0.15) is 0 Å². The van der Waals surface area contributed by atoms with Gasteiger partial charge in [0.2, 0.25) is 0 Å².